The van der Waals surface area contributed by atoms with Crippen LogP contribution in [0, 0.1) is 0 Å². The Labute approximate surface area is 182 Å². The second-order valence-corrected chi connectivity index (χ2v) is 8.82. The maximum atomic E-state index is 4.46. The largest absolute Gasteiger partial charge is 0.356 e. The standard InChI is InChI=1S/C20H29BrN4.HI/c1-22-19(24-17-7-11-25(12-8-17)18-5-6-18)23-14-20(9-10-20)15-3-2-4-16(21)13-15;/h2-4,13,17-18H,5-12,14H2,1H3,(H2,22,23,24);1H. The molecule has 0 amide bonds. The second-order valence-electron chi connectivity index (χ2n) is 7.90. The van der Waals surface area contributed by atoms with Crippen LogP contribution in [0.5, 0.6) is 0 Å². The fraction of sp³-hybridized carbons (Fsp3) is 0.650. The average molecular weight is 533 g/mol. The molecular formula is C20H30BrIN4. The summed E-state index contributed by atoms with van der Waals surface area (Å²) in [5, 5.41) is 7.25. The summed E-state index contributed by atoms with van der Waals surface area (Å²) in [5.74, 6) is 0.964. The van der Waals surface area contributed by atoms with Crippen molar-refractivity contribution in [1.82, 2.24) is 15.5 Å². The Kier molecular flexibility index (Phi) is 6.88. The summed E-state index contributed by atoms with van der Waals surface area (Å²) < 4.78 is 1.17. The molecule has 1 aromatic carbocycles. The lowest BCUT2D eigenvalue weighted by molar-refractivity contribution is 0.197. The number of rotatable bonds is 5. The number of aliphatic imine (C=N–C) groups is 1. The van der Waals surface area contributed by atoms with Crippen LogP contribution >= 0.6 is 39.9 Å². The van der Waals surface area contributed by atoms with Crippen molar-refractivity contribution in [2.45, 2.75) is 56.0 Å². The van der Waals surface area contributed by atoms with E-state index in [1.807, 2.05) is 7.05 Å². The van der Waals surface area contributed by atoms with Gasteiger partial charge in [-0.15, -0.1) is 24.0 Å². The Balaban J connectivity index is 0.00000196. The predicted octanol–water partition coefficient (Wildman–Crippen LogP) is 3.89. The second kappa shape index (κ2) is 8.78. The fourth-order valence-corrected chi connectivity index (χ4v) is 4.43. The first kappa shape index (κ1) is 20.4. The maximum absolute atomic E-state index is 4.46. The van der Waals surface area contributed by atoms with Gasteiger partial charge >= 0.3 is 0 Å². The summed E-state index contributed by atoms with van der Waals surface area (Å²) in [5.41, 5.74) is 1.72. The van der Waals surface area contributed by atoms with E-state index in [-0.39, 0.29) is 29.4 Å². The van der Waals surface area contributed by atoms with E-state index in [4.69, 9.17) is 0 Å². The normalized spacial score (nSPS) is 23.2. The first-order valence-corrected chi connectivity index (χ1v) is 10.5. The van der Waals surface area contributed by atoms with Crippen molar-refractivity contribution >= 4 is 45.9 Å². The number of halogens is 2. The summed E-state index contributed by atoms with van der Waals surface area (Å²) in [6, 6.07) is 10.2. The van der Waals surface area contributed by atoms with E-state index in [9.17, 15) is 0 Å². The van der Waals surface area contributed by atoms with Crippen LogP contribution in [0.2, 0.25) is 0 Å². The molecular weight excluding hydrogens is 503 g/mol. The SMILES string of the molecule is CN=C(NCC1(c2cccc(Br)c2)CC1)NC1CCN(C2CC2)CC1.I. The maximum Gasteiger partial charge on any atom is 0.191 e. The molecule has 1 aromatic rings. The highest BCUT2D eigenvalue weighted by molar-refractivity contribution is 14.0. The van der Waals surface area contributed by atoms with Crippen LogP contribution in [0.25, 0.3) is 0 Å². The molecule has 3 aliphatic rings. The van der Waals surface area contributed by atoms with E-state index in [0.29, 0.717) is 6.04 Å². The zero-order valence-electron chi connectivity index (χ0n) is 15.5. The van der Waals surface area contributed by atoms with E-state index in [1.165, 1.54) is 61.7 Å². The van der Waals surface area contributed by atoms with Crippen LogP contribution < -0.4 is 10.6 Å². The molecule has 0 bridgehead atoms. The number of nitrogens with one attached hydrogen (secondary N) is 2. The molecule has 2 aliphatic carbocycles. The number of hydrogen-bond acceptors (Lipinski definition) is 2. The van der Waals surface area contributed by atoms with Gasteiger partial charge in [0.25, 0.3) is 0 Å². The first-order valence-electron chi connectivity index (χ1n) is 9.66. The molecule has 1 aliphatic heterocycles. The number of benzene rings is 1. The quantitative estimate of drug-likeness (QED) is 0.343. The minimum Gasteiger partial charge on any atom is -0.356 e. The number of hydrogen-bond donors (Lipinski definition) is 2. The molecule has 0 spiro atoms. The van der Waals surface area contributed by atoms with Gasteiger partial charge in [-0.2, -0.15) is 0 Å². The summed E-state index contributed by atoms with van der Waals surface area (Å²) >= 11 is 3.60. The predicted molar refractivity (Wildman–Crippen MR) is 123 cm³/mol. The van der Waals surface area contributed by atoms with E-state index >= 15 is 0 Å². The van der Waals surface area contributed by atoms with E-state index < -0.39 is 0 Å². The Bertz CT molecular complexity index is 634. The van der Waals surface area contributed by atoms with Crippen LogP contribution in [0.1, 0.15) is 44.1 Å². The molecule has 1 heterocycles. The molecule has 26 heavy (non-hydrogen) atoms. The van der Waals surface area contributed by atoms with Crippen LogP contribution in [-0.2, 0) is 5.41 Å². The monoisotopic (exact) mass is 532 g/mol. The van der Waals surface area contributed by atoms with Gasteiger partial charge in [0.05, 0.1) is 0 Å². The van der Waals surface area contributed by atoms with Crippen molar-refractivity contribution in [3.8, 4) is 0 Å². The van der Waals surface area contributed by atoms with Gasteiger partial charge in [0.2, 0.25) is 0 Å². The molecule has 0 atom stereocenters. The van der Waals surface area contributed by atoms with Crippen molar-refractivity contribution in [3.05, 3.63) is 34.3 Å². The van der Waals surface area contributed by atoms with Gasteiger partial charge in [-0.25, -0.2) is 0 Å². The van der Waals surface area contributed by atoms with Crippen molar-refractivity contribution < 1.29 is 0 Å². The molecule has 3 fully saturated rings. The molecule has 2 saturated carbocycles. The van der Waals surface area contributed by atoms with Crippen molar-refractivity contribution in [3.63, 3.8) is 0 Å². The molecule has 0 unspecified atom stereocenters. The summed E-state index contributed by atoms with van der Waals surface area (Å²) in [6.07, 6.45) is 7.81. The van der Waals surface area contributed by atoms with Gasteiger partial charge in [0.1, 0.15) is 0 Å². The molecule has 144 valence electrons. The van der Waals surface area contributed by atoms with Crippen molar-refractivity contribution in [1.29, 1.82) is 0 Å². The van der Waals surface area contributed by atoms with Gasteiger partial charge in [0.15, 0.2) is 5.96 Å². The molecule has 6 heteroatoms. The summed E-state index contributed by atoms with van der Waals surface area (Å²) in [4.78, 5) is 7.13. The minimum absolute atomic E-state index is 0. The Morgan fingerprint density at radius 1 is 1.23 bits per heavy atom. The Morgan fingerprint density at radius 3 is 2.54 bits per heavy atom. The average Bonchev–Trinajstić information content (AvgIpc) is 3.54. The third-order valence-corrected chi connectivity index (χ3v) is 6.54. The molecule has 4 nitrogen and oxygen atoms in total. The topological polar surface area (TPSA) is 39.7 Å². The summed E-state index contributed by atoms with van der Waals surface area (Å²) in [6.45, 7) is 3.44. The van der Waals surface area contributed by atoms with Gasteiger partial charge in [0, 0.05) is 48.7 Å². The van der Waals surface area contributed by atoms with E-state index in [1.54, 1.807) is 0 Å². The van der Waals surface area contributed by atoms with E-state index in [2.05, 4.69) is 60.7 Å². The number of nitrogens with zero attached hydrogens (tertiary/aromatic N) is 2. The zero-order valence-corrected chi connectivity index (χ0v) is 19.4. The molecule has 0 aromatic heterocycles. The number of piperidine rings is 1. The van der Waals surface area contributed by atoms with Crippen LogP contribution in [0.3, 0.4) is 0 Å². The highest BCUT2D eigenvalue weighted by atomic mass is 127. The van der Waals surface area contributed by atoms with Gasteiger partial charge < -0.3 is 15.5 Å². The van der Waals surface area contributed by atoms with Crippen LogP contribution in [-0.4, -0.2) is 49.6 Å². The van der Waals surface area contributed by atoms with Crippen LogP contribution in [0.15, 0.2) is 33.7 Å². The highest BCUT2D eigenvalue weighted by Crippen LogP contribution is 2.48. The first-order chi connectivity index (χ1) is 12.2. The molecule has 2 N–H and O–H groups in total. The fourth-order valence-electron chi connectivity index (χ4n) is 4.03. The molecule has 4 rings (SSSR count). The summed E-state index contributed by atoms with van der Waals surface area (Å²) in [7, 11) is 1.88. The van der Waals surface area contributed by atoms with Gasteiger partial charge in [-0.3, -0.25) is 4.99 Å². The van der Waals surface area contributed by atoms with Gasteiger partial charge in [-0.1, -0.05) is 28.1 Å². The Hall–Kier alpha value is -0.340. The highest BCUT2D eigenvalue weighted by Gasteiger charge is 2.44. The number of guanidine groups is 1. The van der Waals surface area contributed by atoms with Crippen molar-refractivity contribution in [2.24, 2.45) is 4.99 Å². The third-order valence-electron chi connectivity index (χ3n) is 6.04. The van der Waals surface area contributed by atoms with Crippen LogP contribution in [0.4, 0.5) is 0 Å². The van der Waals surface area contributed by atoms with Gasteiger partial charge in [-0.05, 0) is 56.2 Å². The third kappa shape index (κ3) is 4.93. The van der Waals surface area contributed by atoms with Crippen molar-refractivity contribution in [2.75, 3.05) is 26.7 Å². The zero-order chi connectivity index (χ0) is 17.3. The lowest BCUT2D eigenvalue weighted by Gasteiger charge is -2.33. The lowest BCUT2D eigenvalue weighted by atomic mass is 9.96. The molecule has 0 radical (unpaired) electrons. The smallest absolute Gasteiger partial charge is 0.191 e. The lowest BCUT2D eigenvalue weighted by Crippen LogP contribution is -2.50. The van der Waals surface area contributed by atoms with E-state index in [0.717, 1.165) is 18.5 Å². The molecule has 1 saturated heterocycles. The minimum atomic E-state index is 0. The Morgan fingerprint density at radius 2 is 1.96 bits per heavy atom. The number of likely N-dealkylation sites (tertiary alicyclic amines) is 1.